The summed E-state index contributed by atoms with van der Waals surface area (Å²) in [7, 11) is 0. The minimum absolute atomic E-state index is 0.0343. The molecular weight excluding hydrogens is 392 g/mol. The topological polar surface area (TPSA) is 87.5 Å². The Kier molecular flexibility index (Phi) is 4.63. The average molecular weight is 412 g/mol. The molecule has 0 unspecified atom stereocenters. The van der Waals surface area contributed by atoms with Gasteiger partial charge in [-0.25, -0.2) is 9.78 Å². The van der Waals surface area contributed by atoms with Crippen LogP contribution in [0.15, 0.2) is 79.1 Å². The Labute approximate surface area is 178 Å². The highest BCUT2D eigenvalue weighted by atomic mass is 16.4. The third-order valence-corrected chi connectivity index (χ3v) is 5.58. The van der Waals surface area contributed by atoms with E-state index in [1.54, 1.807) is 30.6 Å². The molecule has 0 radical (unpaired) electrons. The van der Waals surface area contributed by atoms with E-state index in [4.69, 9.17) is 5.11 Å². The molecule has 0 saturated carbocycles. The molecular formula is C24H20N4O3. The van der Waals surface area contributed by atoms with Crippen molar-refractivity contribution in [3.63, 3.8) is 0 Å². The summed E-state index contributed by atoms with van der Waals surface area (Å²) < 4.78 is 1.93. The van der Waals surface area contributed by atoms with Crippen LogP contribution >= 0.6 is 0 Å². The minimum Gasteiger partial charge on any atom is -0.478 e. The van der Waals surface area contributed by atoms with Crippen molar-refractivity contribution in [2.45, 2.75) is 0 Å². The van der Waals surface area contributed by atoms with Crippen LogP contribution in [-0.2, 0) is 4.79 Å². The molecule has 31 heavy (non-hydrogen) atoms. The maximum atomic E-state index is 12.5. The Hall–Kier alpha value is -4.13. The molecule has 0 spiro atoms. The molecule has 0 atom stereocenters. The number of imidazole rings is 1. The molecule has 1 aromatic heterocycles. The second-order valence-corrected chi connectivity index (χ2v) is 7.60. The summed E-state index contributed by atoms with van der Waals surface area (Å²) in [6, 6.07) is 22.2. The fraction of sp³-hybridized carbons (Fsp3) is 0.125. The standard InChI is InChI=1S/C24H20N4O3/c29-23(26-18-4-2-1-3-5-18)17-13-27(14-17)20-10-11-21-22(12-20)28(15-25-21)19-8-6-16(7-9-19)24(30)31/h1-12,15,17H,13-14H2,(H,26,29)(H,30,31). The van der Waals surface area contributed by atoms with E-state index in [9.17, 15) is 9.59 Å². The first-order valence-corrected chi connectivity index (χ1v) is 10.0. The van der Waals surface area contributed by atoms with Crippen molar-refractivity contribution in [3.05, 3.63) is 84.7 Å². The Morgan fingerprint density at radius 1 is 0.935 bits per heavy atom. The van der Waals surface area contributed by atoms with E-state index in [0.29, 0.717) is 13.1 Å². The summed E-state index contributed by atoms with van der Waals surface area (Å²) in [5.41, 5.74) is 4.70. The molecule has 4 aromatic rings. The number of carboxylic acids is 1. The third-order valence-electron chi connectivity index (χ3n) is 5.58. The number of hydrogen-bond donors (Lipinski definition) is 2. The lowest BCUT2D eigenvalue weighted by Crippen LogP contribution is -2.52. The number of amides is 1. The van der Waals surface area contributed by atoms with Gasteiger partial charge >= 0.3 is 5.97 Å². The molecule has 2 N–H and O–H groups in total. The van der Waals surface area contributed by atoms with E-state index < -0.39 is 5.97 Å². The van der Waals surface area contributed by atoms with Gasteiger partial charge in [0.15, 0.2) is 0 Å². The SMILES string of the molecule is O=C(O)c1ccc(-n2cnc3ccc(N4CC(C(=O)Nc5ccccc5)C4)cc32)cc1. The second-order valence-electron chi connectivity index (χ2n) is 7.60. The van der Waals surface area contributed by atoms with Crippen molar-refractivity contribution in [3.8, 4) is 5.69 Å². The molecule has 0 bridgehead atoms. The van der Waals surface area contributed by atoms with E-state index in [0.717, 1.165) is 28.1 Å². The van der Waals surface area contributed by atoms with E-state index in [1.165, 1.54) is 0 Å². The maximum Gasteiger partial charge on any atom is 0.335 e. The summed E-state index contributed by atoms with van der Waals surface area (Å²) in [6.45, 7) is 1.32. The Morgan fingerprint density at radius 3 is 2.35 bits per heavy atom. The molecule has 2 heterocycles. The molecule has 7 nitrogen and oxygen atoms in total. The lowest BCUT2D eigenvalue weighted by atomic mass is 9.98. The number of carboxylic acid groups (broad SMARTS) is 1. The smallest absolute Gasteiger partial charge is 0.335 e. The van der Waals surface area contributed by atoms with Crippen molar-refractivity contribution < 1.29 is 14.7 Å². The number of nitrogens with zero attached hydrogens (tertiary/aromatic N) is 3. The van der Waals surface area contributed by atoms with E-state index >= 15 is 0 Å². The monoisotopic (exact) mass is 412 g/mol. The number of para-hydroxylation sites is 1. The van der Waals surface area contributed by atoms with Gasteiger partial charge in [0.05, 0.1) is 22.5 Å². The summed E-state index contributed by atoms with van der Waals surface area (Å²) in [5.74, 6) is -0.968. The van der Waals surface area contributed by atoms with Crippen LogP contribution < -0.4 is 10.2 Å². The minimum atomic E-state index is -0.951. The molecule has 1 fully saturated rings. The van der Waals surface area contributed by atoms with Crippen LogP contribution in [0.5, 0.6) is 0 Å². The fourth-order valence-electron chi connectivity index (χ4n) is 3.78. The van der Waals surface area contributed by atoms with Gasteiger partial charge in [-0.05, 0) is 54.6 Å². The highest BCUT2D eigenvalue weighted by Crippen LogP contribution is 2.29. The highest BCUT2D eigenvalue weighted by Gasteiger charge is 2.33. The quantitative estimate of drug-likeness (QED) is 0.521. The molecule has 1 saturated heterocycles. The van der Waals surface area contributed by atoms with Gasteiger partial charge in [-0.15, -0.1) is 0 Å². The largest absolute Gasteiger partial charge is 0.478 e. The highest BCUT2D eigenvalue weighted by molar-refractivity contribution is 5.94. The average Bonchev–Trinajstić information content (AvgIpc) is 3.17. The van der Waals surface area contributed by atoms with Crippen LogP contribution in [0.2, 0.25) is 0 Å². The molecule has 0 aliphatic carbocycles. The normalized spacial score (nSPS) is 13.7. The van der Waals surface area contributed by atoms with Gasteiger partial charge in [0, 0.05) is 30.2 Å². The summed E-state index contributed by atoms with van der Waals surface area (Å²) >= 11 is 0. The fourth-order valence-corrected chi connectivity index (χ4v) is 3.78. The first kappa shape index (κ1) is 18.9. The van der Waals surface area contributed by atoms with Crippen LogP contribution in [0, 0.1) is 5.92 Å². The lowest BCUT2D eigenvalue weighted by molar-refractivity contribution is -0.120. The van der Waals surface area contributed by atoms with Crippen molar-refractivity contribution in [2.75, 3.05) is 23.3 Å². The van der Waals surface area contributed by atoms with Gasteiger partial charge in [0.2, 0.25) is 5.91 Å². The van der Waals surface area contributed by atoms with Gasteiger partial charge in [-0.1, -0.05) is 18.2 Å². The number of carbonyl (C=O) groups is 2. The number of nitrogens with one attached hydrogen (secondary N) is 1. The Bertz CT molecular complexity index is 1260. The number of hydrogen-bond acceptors (Lipinski definition) is 4. The number of rotatable bonds is 5. The number of aromatic nitrogens is 2. The molecule has 7 heteroatoms. The van der Waals surface area contributed by atoms with Crippen LogP contribution in [0.1, 0.15) is 10.4 Å². The summed E-state index contributed by atoms with van der Waals surface area (Å²) in [6.07, 6.45) is 1.73. The van der Waals surface area contributed by atoms with E-state index in [2.05, 4.69) is 21.3 Å². The van der Waals surface area contributed by atoms with Crippen molar-refractivity contribution >= 4 is 34.3 Å². The van der Waals surface area contributed by atoms with Crippen LogP contribution in [0.25, 0.3) is 16.7 Å². The molecule has 5 rings (SSSR count). The second kappa shape index (κ2) is 7.60. The predicted octanol–water partition coefficient (Wildman–Crippen LogP) is 3.80. The van der Waals surface area contributed by atoms with Crippen LogP contribution in [0.3, 0.4) is 0 Å². The van der Waals surface area contributed by atoms with Crippen molar-refractivity contribution in [1.82, 2.24) is 9.55 Å². The van der Waals surface area contributed by atoms with Gasteiger partial charge in [0.25, 0.3) is 0 Å². The summed E-state index contributed by atoms with van der Waals surface area (Å²) in [5, 5.41) is 12.1. The first-order chi connectivity index (χ1) is 15.1. The molecule has 154 valence electrons. The maximum absolute atomic E-state index is 12.5. The lowest BCUT2D eigenvalue weighted by Gasteiger charge is -2.40. The zero-order chi connectivity index (χ0) is 21.4. The molecule has 1 aliphatic heterocycles. The zero-order valence-corrected chi connectivity index (χ0v) is 16.6. The number of carbonyl (C=O) groups excluding carboxylic acids is 1. The van der Waals surface area contributed by atoms with Crippen LogP contribution in [0.4, 0.5) is 11.4 Å². The Morgan fingerprint density at radius 2 is 1.65 bits per heavy atom. The summed E-state index contributed by atoms with van der Waals surface area (Å²) in [4.78, 5) is 30.2. The number of aromatic carboxylic acids is 1. The number of anilines is 2. The van der Waals surface area contributed by atoms with Gasteiger partial charge in [0.1, 0.15) is 6.33 Å². The van der Waals surface area contributed by atoms with Crippen molar-refractivity contribution in [1.29, 1.82) is 0 Å². The van der Waals surface area contributed by atoms with Gasteiger partial charge in [-0.2, -0.15) is 0 Å². The Balaban J connectivity index is 1.32. The van der Waals surface area contributed by atoms with E-state index in [-0.39, 0.29) is 17.4 Å². The van der Waals surface area contributed by atoms with Crippen molar-refractivity contribution in [2.24, 2.45) is 5.92 Å². The molecule has 1 aliphatic rings. The predicted molar refractivity (Wildman–Crippen MR) is 119 cm³/mol. The molecule has 3 aromatic carbocycles. The van der Waals surface area contributed by atoms with Gasteiger partial charge in [-0.3, -0.25) is 9.36 Å². The first-order valence-electron chi connectivity index (χ1n) is 10.0. The molecule has 1 amide bonds. The number of benzene rings is 3. The van der Waals surface area contributed by atoms with E-state index in [1.807, 2.05) is 47.0 Å². The zero-order valence-electron chi connectivity index (χ0n) is 16.6. The third kappa shape index (κ3) is 3.61. The van der Waals surface area contributed by atoms with Gasteiger partial charge < -0.3 is 15.3 Å². The van der Waals surface area contributed by atoms with Crippen LogP contribution in [-0.4, -0.2) is 39.6 Å². The number of fused-ring (bicyclic) bond motifs is 1.